The molecule has 0 radical (unpaired) electrons. The van der Waals surface area contributed by atoms with Crippen LogP contribution < -0.4 is 10.6 Å². The van der Waals surface area contributed by atoms with E-state index in [-0.39, 0.29) is 5.91 Å². The van der Waals surface area contributed by atoms with Crippen molar-refractivity contribution in [2.75, 3.05) is 7.05 Å². The van der Waals surface area contributed by atoms with E-state index in [4.69, 9.17) is 4.42 Å². The molecule has 0 bridgehead atoms. The van der Waals surface area contributed by atoms with Crippen LogP contribution in [0.1, 0.15) is 5.56 Å². The van der Waals surface area contributed by atoms with Crippen LogP contribution >= 0.6 is 12.2 Å². The first-order chi connectivity index (χ1) is 10.7. The van der Waals surface area contributed by atoms with Crippen LogP contribution in [-0.4, -0.2) is 18.4 Å². The van der Waals surface area contributed by atoms with Crippen molar-refractivity contribution in [1.29, 1.82) is 0 Å². The number of para-hydroxylation sites is 1. The summed E-state index contributed by atoms with van der Waals surface area (Å²) < 4.78 is 5.79. The number of furan rings is 1. The molecule has 1 heterocycles. The largest absolute Gasteiger partial charge is 0.456 e. The molecule has 0 unspecified atom stereocenters. The van der Waals surface area contributed by atoms with Gasteiger partial charge in [-0.15, -0.1) is 0 Å². The number of amides is 1. The molecule has 2 N–H and O–H groups in total. The zero-order chi connectivity index (χ0) is 15.5. The van der Waals surface area contributed by atoms with Crippen LogP contribution in [0.3, 0.4) is 0 Å². The number of rotatable bonds is 4. The summed E-state index contributed by atoms with van der Waals surface area (Å²) in [7, 11) is 1.70. The first-order valence-corrected chi connectivity index (χ1v) is 7.25. The predicted molar refractivity (Wildman–Crippen MR) is 92.6 cm³/mol. The van der Waals surface area contributed by atoms with Crippen molar-refractivity contribution in [2.45, 2.75) is 0 Å². The van der Waals surface area contributed by atoms with Crippen molar-refractivity contribution in [2.24, 2.45) is 0 Å². The Morgan fingerprint density at radius 2 is 1.91 bits per heavy atom. The fraction of sp³-hybridized carbons (Fsp3) is 0.0588. The van der Waals surface area contributed by atoms with Gasteiger partial charge in [0, 0.05) is 17.8 Å². The average Bonchev–Trinajstić information content (AvgIpc) is 2.90. The highest BCUT2D eigenvalue weighted by Crippen LogP contribution is 2.29. The van der Waals surface area contributed by atoms with E-state index in [1.165, 1.54) is 5.49 Å². The summed E-state index contributed by atoms with van der Waals surface area (Å²) in [5, 5.41) is 7.43. The topological polar surface area (TPSA) is 54.3 Å². The van der Waals surface area contributed by atoms with Gasteiger partial charge >= 0.3 is 0 Å². The maximum atomic E-state index is 11.8. The number of likely N-dealkylation sites (N-methyl/N-ethyl adjacent to an activating group) is 1. The molecule has 1 amide bonds. The first-order valence-electron chi connectivity index (χ1n) is 6.78. The van der Waals surface area contributed by atoms with Gasteiger partial charge in [0.2, 0.25) is 0 Å². The Morgan fingerprint density at radius 3 is 2.68 bits per heavy atom. The van der Waals surface area contributed by atoms with Crippen molar-refractivity contribution >= 4 is 51.6 Å². The molecular formula is C17H14N2O2S. The van der Waals surface area contributed by atoms with Crippen LogP contribution in [0.25, 0.3) is 28.0 Å². The van der Waals surface area contributed by atoms with Gasteiger partial charge in [0.1, 0.15) is 16.9 Å². The number of benzene rings is 2. The molecule has 110 valence electrons. The molecular weight excluding hydrogens is 296 g/mol. The van der Waals surface area contributed by atoms with Crippen LogP contribution in [0.5, 0.6) is 0 Å². The summed E-state index contributed by atoms with van der Waals surface area (Å²) >= 11 is 4.64. The Balaban J connectivity index is 2.09. The normalized spacial score (nSPS) is 11.6. The maximum absolute atomic E-state index is 11.8. The summed E-state index contributed by atoms with van der Waals surface area (Å²) in [6, 6.07) is 13.7. The van der Waals surface area contributed by atoms with Crippen LogP contribution in [0.4, 0.5) is 0 Å². The molecule has 0 saturated carbocycles. The van der Waals surface area contributed by atoms with E-state index in [0.29, 0.717) is 5.70 Å². The Labute approximate surface area is 132 Å². The molecule has 0 aliphatic rings. The average molecular weight is 310 g/mol. The second-order valence-corrected chi connectivity index (χ2v) is 4.99. The molecule has 0 aliphatic heterocycles. The van der Waals surface area contributed by atoms with Gasteiger partial charge in [0.15, 0.2) is 0 Å². The highest BCUT2D eigenvalue weighted by Gasteiger charge is 2.09. The van der Waals surface area contributed by atoms with Crippen molar-refractivity contribution in [1.82, 2.24) is 10.6 Å². The minimum Gasteiger partial charge on any atom is -0.456 e. The van der Waals surface area contributed by atoms with Gasteiger partial charge in [0.05, 0.1) is 5.49 Å². The fourth-order valence-corrected chi connectivity index (χ4v) is 2.49. The molecule has 2 aromatic carbocycles. The molecule has 1 aromatic heterocycles. The van der Waals surface area contributed by atoms with Crippen LogP contribution in [0, 0.1) is 0 Å². The number of carbonyl (C=O) groups is 1. The van der Waals surface area contributed by atoms with Crippen LogP contribution in [0.2, 0.25) is 0 Å². The Kier molecular flexibility index (Phi) is 3.89. The number of thiocarbonyl (C=S) groups is 1. The summed E-state index contributed by atoms with van der Waals surface area (Å²) in [5.74, 6) is -0.269. The van der Waals surface area contributed by atoms with Gasteiger partial charge in [-0.3, -0.25) is 4.79 Å². The minimum absolute atomic E-state index is 0.269. The van der Waals surface area contributed by atoms with Crippen molar-refractivity contribution in [3.63, 3.8) is 0 Å². The lowest BCUT2D eigenvalue weighted by Gasteiger charge is -2.05. The van der Waals surface area contributed by atoms with Crippen LogP contribution in [0.15, 0.2) is 52.6 Å². The van der Waals surface area contributed by atoms with E-state index in [2.05, 4.69) is 22.9 Å². The van der Waals surface area contributed by atoms with Gasteiger partial charge < -0.3 is 15.1 Å². The number of carbonyl (C=O) groups excluding carboxylic acids is 1. The lowest BCUT2D eigenvalue weighted by molar-refractivity contribution is -0.116. The molecule has 4 nitrogen and oxygen atoms in total. The predicted octanol–water partition coefficient (Wildman–Crippen LogP) is 3.22. The molecule has 0 aliphatic carbocycles. The lowest BCUT2D eigenvalue weighted by Crippen LogP contribution is -2.28. The summed E-state index contributed by atoms with van der Waals surface area (Å²) in [5.41, 5.74) is 4.22. The molecule has 3 aromatic rings. The molecule has 0 saturated heterocycles. The fourth-order valence-electron chi connectivity index (χ4n) is 2.38. The standard InChI is InChI=1S/C17H14N2O2S/c1-18-14(17(20)19-10-22)9-11-6-7-16-13(8-11)12-4-2-3-5-15(12)21-16/h2-10,18H,1H3,(H,19,20,22)/b14-9-. The molecule has 5 heteroatoms. The quantitative estimate of drug-likeness (QED) is 0.574. The molecule has 0 atom stereocenters. The molecule has 3 rings (SSSR count). The third-order valence-corrected chi connectivity index (χ3v) is 3.53. The summed E-state index contributed by atoms with van der Waals surface area (Å²) in [6.07, 6.45) is 1.77. The third-order valence-electron chi connectivity index (χ3n) is 3.42. The zero-order valence-corrected chi connectivity index (χ0v) is 12.7. The first kappa shape index (κ1) is 14.3. The second kappa shape index (κ2) is 5.99. The Morgan fingerprint density at radius 1 is 1.14 bits per heavy atom. The third kappa shape index (κ3) is 2.58. The lowest BCUT2D eigenvalue weighted by atomic mass is 10.1. The minimum atomic E-state index is -0.269. The van der Waals surface area contributed by atoms with Gasteiger partial charge in [-0.05, 0) is 29.8 Å². The number of fused-ring (bicyclic) bond motifs is 3. The van der Waals surface area contributed by atoms with Gasteiger partial charge in [-0.1, -0.05) is 36.5 Å². The highest BCUT2D eigenvalue weighted by molar-refractivity contribution is 7.78. The van der Waals surface area contributed by atoms with E-state index in [0.717, 1.165) is 27.5 Å². The van der Waals surface area contributed by atoms with E-state index < -0.39 is 0 Å². The van der Waals surface area contributed by atoms with Gasteiger partial charge in [-0.25, -0.2) is 0 Å². The van der Waals surface area contributed by atoms with Crippen molar-refractivity contribution in [3.05, 3.63) is 53.7 Å². The Hall–Kier alpha value is -2.66. The summed E-state index contributed by atoms with van der Waals surface area (Å²) in [6.45, 7) is 0. The van der Waals surface area contributed by atoms with Crippen LogP contribution in [-0.2, 0) is 4.79 Å². The zero-order valence-electron chi connectivity index (χ0n) is 11.9. The number of nitrogens with one attached hydrogen (secondary N) is 2. The number of hydrogen-bond donors (Lipinski definition) is 2. The summed E-state index contributed by atoms with van der Waals surface area (Å²) in [4.78, 5) is 11.8. The second-order valence-electron chi connectivity index (χ2n) is 4.75. The molecule has 0 fully saturated rings. The molecule has 0 spiro atoms. The monoisotopic (exact) mass is 310 g/mol. The van der Waals surface area contributed by atoms with E-state index in [1.807, 2.05) is 42.5 Å². The van der Waals surface area contributed by atoms with E-state index >= 15 is 0 Å². The smallest absolute Gasteiger partial charge is 0.271 e. The highest BCUT2D eigenvalue weighted by atomic mass is 32.1. The SMILES string of the molecule is CN/C(=C\c1ccc2oc3ccccc3c2c1)C(=O)NC=S. The van der Waals surface area contributed by atoms with Crippen molar-refractivity contribution in [3.8, 4) is 0 Å². The number of hydrogen-bond acceptors (Lipinski definition) is 4. The van der Waals surface area contributed by atoms with E-state index in [9.17, 15) is 4.79 Å². The van der Waals surface area contributed by atoms with Gasteiger partial charge in [0.25, 0.3) is 5.91 Å². The van der Waals surface area contributed by atoms with Crippen molar-refractivity contribution < 1.29 is 9.21 Å². The van der Waals surface area contributed by atoms with E-state index in [1.54, 1.807) is 13.1 Å². The van der Waals surface area contributed by atoms with Gasteiger partial charge in [-0.2, -0.15) is 0 Å². The molecule has 22 heavy (non-hydrogen) atoms. The Bertz CT molecular complexity index is 896. The maximum Gasteiger partial charge on any atom is 0.271 e.